The Kier molecular flexibility index (Phi) is 3.23. The Hall–Kier alpha value is -1.56. The summed E-state index contributed by atoms with van der Waals surface area (Å²) in [5, 5.41) is 9.44. The largest absolute Gasteiger partial charge is 0.507 e. The molecule has 0 aliphatic rings. The van der Waals surface area contributed by atoms with Crippen LogP contribution < -0.4 is 5.73 Å². The number of carbonyl (C=O) groups excluding carboxylic acids is 1. The second-order valence-electron chi connectivity index (χ2n) is 3.43. The van der Waals surface area contributed by atoms with Crippen molar-refractivity contribution in [3.05, 3.63) is 28.8 Å². The minimum absolute atomic E-state index is 0.199. The van der Waals surface area contributed by atoms with Crippen LogP contribution in [-0.2, 0) is 0 Å². The third-order valence-corrected chi connectivity index (χ3v) is 2.13. The fraction of sp³-hybridized carbons (Fsp3) is 0.300. The average Bonchev–Trinajstić information content (AvgIpc) is 2.18. The first-order valence-electron chi connectivity index (χ1n) is 4.38. The van der Waals surface area contributed by atoms with Gasteiger partial charge in [-0.25, -0.2) is 0 Å². The molecule has 0 aromatic heterocycles. The molecule has 16 heavy (non-hydrogen) atoms. The topological polar surface area (TPSA) is 63.3 Å². The minimum atomic E-state index is -4.66. The molecule has 0 bridgehead atoms. The number of phenols is 1. The van der Waals surface area contributed by atoms with Crippen LogP contribution in [0.15, 0.2) is 12.1 Å². The molecule has 0 amide bonds. The lowest BCUT2D eigenvalue weighted by molar-refractivity contribution is -0.149. The summed E-state index contributed by atoms with van der Waals surface area (Å²) in [6.45, 7) is 1.51. The first kappa shape index (κ1) is 12.5. The van der Waals surface area contributed by atoms with Crippen LogP contribution in [0.3, 0.4) is 0 Å². The molecule has 0 saturated heterocycles. The number of hydrogen-bond acceptors (Lipinski definition) is 3. The van der Waals surface area contributed by atoms with Crippen molar-refractivity contribution in [2.45, 2.75) is 19.1 Å². The van der Waals surface area contributed by atoms with Crippen molar-refractivity contribution in [2.24, 2.45) is 5.73 Å². The summed E-state index contributed by atoms with van der Waals surface area (Å²) >= 11 is 0. The molecular weight excluding hydrogens is 223 g/mol. The lowest BCUT2D eigenvalue weighted by Gasteiger charge is -2.18. The number of aldehydes is 1. The lowest BCUT2D eigenvalue weighted by atomic mass is 10.00. The first-order chi connectivity index (χ1) is 7.27. The number of nitrogens with two attached hydrogens (primary N) is 1. The van der Waals surface area contributed by atoms with Crippen molar-refractivity contribution >= 4 is 6.29 Å². The molecule has 0 radical (unpaired) electrons. The monoisotopic (exact) mass is 233 g/mol. The predicted molar refractivity (Wildman–Crippen MR) is 51.2 cm³/mol. The zero-order valence-electron chi connectivity index (χ0n) is 8.38. The zero-order valence-corrected chi connectivity index (χ0v) is 8.38. The number of rotatable bonds is 2. The van der Waals surface area contributed by atoms with Crippen LogP contribution in [0.1, 0.15) is 27.5 Å². The van der Waals surface area contributed by atoms with Crippen LogP contribution in [0.2, 0.25) is 0 Å². The van der Waals surface area contributed by atoms with Crippen molar-refractivity contribution in [3.63, 3.8) is 0 Å². The Labute approximate surface area is 89.7 Å². The maximum Gasteiger partial charge on any atom is 0.407 e. The number of carbonyl (C=O) groups is 1. The molecule has 0 unspecified atom stereocenters. The van der Waals surface area contributed by atoms with Gasteiger partial charge in [0.2, 0.25) is 0 Å². The van der Waals surface area contributed by atoms with Gasteiger partial charge in [-0.15, -0.1) is 0 Å². The Morgan fingerprint density at radius 3 is 2.44 bits per heavy atom. The molecule has 0 heterocycles. The van der Waals surface area contributed by atoms with Gasteiger partial charge in [0.15, 0.2) is 6.29 Å². The van der Waals surface area contributed by atoms with E-state index in [0.29, 0.717) is 5.56 Å². The molecule has 0 saturated carbocycles. The molecule has 1 atom stereocenters. The molecule has 88 valence electrons. The van der Waals surface area contributed by atoms with Crippen LogP contribution in [0, 0.1) is 6.92 Å². The van der Waals surface area contributed by atoms with Crippen molar-refractivity contribution in [1.82, 2.24) is 0 Å². The molecule has 0 aliphatic carbocycles. The van der Waals surface area contributed by atoms with Crippen molar-refractivity contribution in [3.8, 4) is 5.75 Å². The highest BCUT2D eigenvalue weighted by Gasteiger charge is 2.39. The highest BCUT2D eigenvalue weighted by molar-refractivity contribution is 5.80. The van der Waals surface area contributed by atoms with E-state index in [-0.39, 0.29) is 11.8 Å². The molecule has 3 nitrogen and oxygen atoms in total. The summed E-state index contributed by atoms with van der Waals surface area (Å²) < 4.78 is 37.1. The standard InChI is InChI=1S/C10H10F3NO2/c1-5-2-6(4-15)8(16)7(3-5)9(14)10(11,12)13/h2-4,9,16H,14H2,1H3/t9-/m0/s1. The lowest BCUT2D eigenvalue weighted by Crippen LogP contribution is -2.28. The van der Waals surface area contributed by atoms with E-state index in [1.54, 1.807) is 0 Å². The fourth-order valence-electron chi connectivity index (χ4n) is 1.34. The van der Waals surface area contributed by atoms with Crippen LogP contribution in [-0.4, -0.2) is 17.6 Å². The molecule has 1 aromatic carbocycles. The molecule has 1 aromatic rings. The van der Waals surface area contributed by atoms with E-state index in [4.69, 9.17) is 5.73 Å². The van der Waals surface area contributed by atoms with Crippen LogP contribution in [0.4, 0.5) is 13.2 Å². The Bertz CT molecular complexity index is 415. The van der Waals surface area contributed by atoms with Gasteiger partial charge in [-0.3, -0.25) is 4.79 Å². The van der Waals surface area contributed by atoms with Crippen molar-refractivity contribution in [2.75, 3.05) is 0 Å². The van der Waals surface area contributed by atoms with Crippen LogP contribution >= 0.6 is 0 Å². The van der Waals surface area contributed by atoms with Crippen LogP contribution in [0.5, 0.6) is 5.75 Å². The maximum absolute atomic E-state index is 12.4. The second kappa shape index (κ2) is 4.13. The second-order valence-corrected chi connectivity index (χ2v) is 3.43. The minimum Gasteiger partial charge on any atom is -0.507 e. The van der Waals surface area contributed by atoms with Crippen molar-refractivity contribution < 1.29 is 23.1 Å². The molecule has 3 N–H and O–H groups in total. The van der Waals surface area contributed by atoms with E-state index in [9.17, 15) is 23.1 Å². The highest BCUT2D eigenvalue weighted by atomic mass is 19.4. The van der Waals surface area contributed by atoms with E-state index < -0.39 is 23.5 Å². The van der Waals surface area contributed by atoms with Gasteiger partial charge < -0.3 is 10.8 Å². The Morgan fingerprint density at radius 1 is 1.44 bits per heavy atom. The molecule has 1 rings (SSSR count). The summed E-state index contributed by atoms with van der Waals surface area (Å²) in [5.41, 5.74) is 4.70. The molecule has 6 heteroatoms. The van der Waals surface area contributed by atoms with E-state index in [2.05, 4.69) is 0 Å². The van der Waals surface area contributed by atoms with E-state index >= 15 is 0 Å². The average molecular weight is 233 g/mol. The molecule has 0 aliphatic heterocycles. The van der Waals surface area contributed by atoms with Gasteiger partial charge in [0.05, 0.1) is 5.56 Å². The van der Waals surface area contributed by atoms with Gasteiger partial charge in [-0.1, -0.05) is 6.07 Å². The Morgan fingerprint density at radius 2 is 2.00 bits per heavy atom. The summed E-state index contributed by atoms with van der Waals surface area (Å²) in [6.07, 6.45) is -4.37. The number of aromatic hydroxyl groups is 1. The smallest absolute Gasteiger partial charge is 0.407 e. The number of phenolic OH excluding ortho intramolecular Hbond substituents is 1. The summed E-state index contributed by atoms with van der Waals surface area (Å²) in [7, 11) is 0. The van der Waals surface area contributed by atoms with Gasteiger partial charge in [0.1, 0.15) is 11.8 Å². The number of halogens is 3. The SMILES string of the molecule is Cc1cc(C=O)c(O)c([C@H](N)C(F)(F)F)c1. The highest BCUT2D eigenvalue weighted by Crippen LogP contribution is 2.36. The molecular formula is C10H10F3NO2. The van der Waals surface area contributed by atoms with Crippen LogP contribution in [0.25, 0.3) is 0 Å². The number of aryl methyl sites for hydroxylation is 1. The third kappa shape index (κ3) is 2.33. The first-order valence-corrected chi connectivity index (χ1v) is 4.38. The Balaban J connectivity index is 3.34. The summed E-state index contributed by atoms with van der Waals surface area (Å²) in [5.74, 6) is -0.717. The van der Waals surface area contributed by atoms with Gasteiger partial charge in [0.25, 0.3) is 0 Å². The molecule has 0 spiro atoms. The normalized spacial score (nSPS) is 13.6. The number of benzene rings is 1. The quantitative estimate of drug-likeness (QED) is 0.768. The third-order valence-electron chi connectivity index (χ3n) is 2.13. The summed E-state index contributed by atoms with van der Waals surface area (Å²) in [4.78, 5) is 10.5. The van der Waals surface area contributed by atoms with E-state index in [0.717, 1.165) is 6.07 Å². The van der Waals surface area contributed by atoms with Gasteiger partial charge in [-0.05, 0) is 18.6 Å². The number of alkyl halides is 3. The predicted octanol–water partition coefficient (Wildman–Crippen LogP) is 2.08. The summed E-state index contributed by atoms with van der Waals surface area (Å²) in [6, 6.07) is 0.0983. The molecule has 0 fully saturated rings. The number of hydrogen-bond donors (Lipinski definition) is 2. The fourth-order valence-corrected chi connectivity index (χ4v) is 1.34. The van der Waals surface area contributed by atoms with Gasteiger partial charge in [-0.2, -0.15) is 13.2 Å². The van der Waals surface area contributed by atoms with E-state index in [1.165, 1.54) is 13.0 Å². The maximum atomic E-state index is 12.4. The van der Waals surface area contributed by atoms with Gasteiger partial charge >= 0.3 is 6.18 Å². The van der Waals surface area contributed by atoms with E-state index in [1.807, 2.05) is 0 Å². The van der Waals surface area contributed by atoms with Crippen molar-refractivity contribution in [1.29, 1.82) is 0 Å². The van der Waals surface area contributed by atoms with Gasteiger partial charge in [0, 0.05) is 5.56 Å². The zero-order chi connectivity index (χ0) is 12.5.